The molecule has 0 bridgehead atoms. The van der Waals surface area contributed by atoms with Crippen LogP contribution < -0.4 is 4.74 Å². The van der Waals surface area contributed by atoms with Crippen molar-refractivity contribution in [3.63, 3.8) is 0 Å². The minimum Gasteiger partial charge on any atom is -0.415 e. The molecule has 2 aromatic rings. The third-order valence-electron chi connectivity index (χ3n) is 2.82. The highest BCUT2D eigenvalue weighted by Gasteiger charge is 2.19. The molecule has 0 aliphatic heterocycles. The number of nitro groups is 1. The number of methoxy groups -OCH3 is 1. The summed E-state index contributed by atoms with van der Waals surface area (Å²) >= 11 is 0. The predicted octanol–water partition coefficient (Wildman–Crippen LogP) is 3.10. The molecule has 0 fully saturated rings. The monoisotopic (exact) mass is 305 g/mol. The van der Waals surface area contributed by atoms with Crippen LogP contribution >= 0.6 is 0 Å². The van der Waals surface area contributed by atoms with Gasteiger partial charge in [-0.15, -0.1) is 0 Å². The maximum Gasteiger partial charge on any atom is 0.343 e. The van der Waals surface area contributed by atoms with Crippen molar-refractivity contribution in [2.75, 3.05) is 7.11 Å². The Hall–Kier alpha value is -2.80. The molecule has 0 aliphatic carbocycles. The number of esters is 1. The van der Waals surface area contributed by atoms with Crippen LogP contribution in [-0.4, -0.2) is 18.0 Å². The number of ether oxygens (including phenoxy) is 2. The summed E-state index contributed by atoms with van der Waals surface area (Å²) in [6.07, 6.45) is 0. The van der Waals surface area contributed by atoms with E-state index in [1.165, 1.54) is 12.1 Å². The van der Waals surface area contributed by atoms with Crippen molar-refractivity contribution >= 4 is 11.7 Å². The number of carbonyl (C=O) groups is 1. The first-order chi connectivity index (χ1) is 10.5. The van der Waals surface area contributed by atoms with Crippen molar-refractivity contribution in [2.24, 2.45) is 0 Å². The lowest BCUT2D eigenvalue weighted by Crippen LogP contribution is -2.10. The molecule has 114 valence electrons. The van der Waals surface area contributed by atoms with E-state index in [1.807, 2.05) is 0 Å². The molecule has 0 aromatic heterocycles. The summed E-state index contributed by atoms with van der Waals surface area (Å²) in [7, 11) is 1.55. The number of benzene rings is 2. The highest BCUT2D eigenvalue weighted by molar-refractivity contribution is 5.91. The molecule has 0 saturated heterocycles. The summed E-state index contributed by atoms with van der Waals surface area (Å²) in [5.41, 5.74) is 0.569. The van der Waals surface area contributed by atoms with Crippen LogP contribution in [0.15, 0.2) is 42.5 Å². The Morgan fingerprint density at radius 2 is 1.91 bits per heavy atom. The molecule has 0 unspecified atom stereocenters. The second kappa shape index (κ2) is 6.77. The molecule has 0 saturated carbocycles. The first-order valence-corrected chi connectivity index (χ1v) is 6.25. The van der Waals surface area contributed by atoms with Gasteiger partial charge in [0, 0.05) is 19.2 Å². The first-order valence-electron chi connectivity index (χ1n) is 6.25. The standard InChI is InChI=1S/C15H12FNO5/c1-21-9-10-2-4-11(5-3-10)15(18)22-14-8-12(16)6-7-13(14)17(19)20/h2-8H,9H2,1H3. The van der Waals surface area contributed by atoms with Gasteiger partial charge in [-0.05, 0) is 23.8 Å². The highest BCUT2D eigenvalue weighted by Crippen LogP contribution is 2.28. The Labute approximate surface area is 125 Å². The SMILES string of the molecule is COCc1ccc(C(=O)Oc2cc(F)ccc2[N+](=O)[O-])cc1. The fourth-order valence-corrected chi connectivity index (χ4v) is 1.78. The van der Waals surface area contributed by atoms with Gasteiger partial charge in [0.05, 0.1) is 17.1 Å². The van der Waals surface area contributed by atoms with E-state index in [2.05, 4.69) is 0 Å². The van der Waals surface area contributed by atoms with Crippen molar-refractivity contribution in [3.8, 4) is 5.75 Å². The van der Waals surface area contributed by atoms with Gasteiger partial charge in [0.1, 0.15) is 5.82 Å². The highest BCUT2D eigenvalue weighted by atomic mass is 19.1. The van der Waals surface area contributed by atoms with Crippen molar-refractivity contribution in [3.05, 3.63) is 69.5 Å². The third-order valence-corrected chi connectivity index (χ3v) is 2.82. The second-order valence-electron chi connectivity index (χ2n) is 4.39. The second-order valence-corrected chi connectivity index (χ2v) is 4.39. The average molecular weight is 305 g/mol. The van der Waals surface area contributed by atoms with Crippen LogP contribution in [0, 0.1) is 15.9 Å². The molecular formula is C15H12FNO5. The summed E-state index contributed by atoms with van der Waals surface area (Å²) in [4.78, 5) is 22.1. The lowest BCUT2D eigenvalue weighted by Gasteiger charge is -2.06. The van der Waals surface area contributed by atoms with E-state index >= 15 is 0 Å². The van der Waals surface area contributed by atoms with E-state index in [-0.39, 0.29) is 5.56 Å². The van der Waals surface area contributed by atoms with Crippen LogP contribution in [-0.2, 0) is 11.3 Å². The molecule has 6 nitrogen and oxygen atoms in total. The lowest BCUT2D eigenvalue weighted by atomic mass is 10.1. The molecule has 0 aliphatic rings. The van der Waals surface area contributed by atoms with Gasteiger partial charge in [-0.25, -0.2) is 9.18 Å². The van der Waals surface area contributed by atoms with E-state index in [0.29, 0.717) is 6.61 Å². The Bertz CT molecular complexity index is 700. The number of carbonyl (C=O) groups excluding carboxylic acids is 1. The number of hydrogen-bond acceptors (Lipinski definition) is 5. The number of hydrogen-bond donors (Lipinski definition) is 0. The third kappa shape index (κ3) is 3.64. The molecule has 2 aromatic carbocycles. The zero-order valence-electron chi connectivity index (χ0n) is 11.6. The summed E-state index contributed by atoms with van der Waals surface area (Å²) in [5, 5.41) is 10.8. The Morgan fingerprint density at radius 3 is 2.50 bits per heavy atom. The first kappa shape index (κ1) is 15.6. The van der Waals surface area contributed by atoms with E-state index < -0.39 is 28.1 Å². The van der Waals surface area contributed by atoms with Crippen molar-refractivity contribution < 1.29 is 23.6 Å². The molecule has 2 rings (SSSR count). The molecule has 22 heavy (non-hydrogen) atoms. The largest absolute Gasteiger partial charge is 0.415 e. The maximum absolute atomic E-state index is 13.2. The van der Waals surface area contributed by atoms with Gasteiger partial charge in [0.2, 0.25) is 5.75 Å². The summed E-state index contributed by atoms with van der Waals surface area (Å²) < 4.78 is 23.0. The smallest absolute Gasteiger partial charge is 0.343 e. The zero-order chi connectivity index (χ0) is 16.1. The predicted molar refractivity (Wildman–Crippen MR) is 75.2 cm³/mol. The fourth-order valence-electron chi connectivity index (χ4n) is 1.78. The minimum absolute atomic E-state index is 0.193. The fraction of sp³-hybridized carbons (Fsp3) is 0.133. The Kier molecular flexibility index (Phi) is 4.80. The number of nitrogens with zero attached hydrogens (tertiary/aromatic N) is 1. The van der Waals surface area contributed by atoms with Crippen molar-refractivity contribution in [1.29, 1.82) is 0 Å². The number of halogens is 1. The van der Waals surface area contributed by atoms with Crippen molar-refractivity contribution in [2.45, 2.75) is 6.61 Å². The van der Waals surface area contributed by atoms with E-state index in [1.54, 1.807) is 19.2 Å². The van der Waals surface area contributed by atoms with Gasteiger partial charge in [0.15, 0.2) is 0 Å². The summed E-state index contributed by atoms with van der Waals surface area (Å²) in [6, 6.07) is 9.01. The molecule has 0 amide bonds. The van der Waals surface area contributed by atoms with Crippen LogP contribution in [0.1, 0.15) is 15.9 Å². The molecule has 0 heterocycles. The van der Waals surface area contributed by atoms with Gasteiger partial charge < -0.3 is 9.47 Å². The normalized spacial score (nSPS) is 10.3. The maximum atomic E-state index is 13.2. The van der Waals surface area contributed by atoms with Gasteiger partial charge in [-0.2, -0.15) is 0 Å². The van der Waals surface area contributed by atoms with E-state index in [9.17, 15) is 19.3 Å². The van der Waals surface area contributed by atoms with Gasteiger partial charge >= 0.3 is 11.7 Å². The summed E-state index contributed by atoms with van der Waals surface area (Å²) in [6.45, 7) is 0.394. The zero-order valence-corrected chi connectivity index (χ0v) is 11.6. The van der Waals surface area contributed by atoms with Crippen molar-refractivity contribution in [1.82, 2.24) is 0 Å². The van der Waals surface area contributed by atoms with Crippen LogP contribution in [0.4, 0.5) is 10.1 Å². The van der Waals surface area contributed by atoms with Gasteiger partial charge in [-0.3, -0.25) is 10.1 Å². The van der Waals surface area contributed by atoms with E-state index in [4.69, 9.17) is 9.47 Å². The van der Waals surface area contributed by atoms with Crippen LogP contribution in [0.5, 0.6) is 5.75 Å². The van der Waals surface area contributed by atoms with Crippen LogP contribution in [0.25, 0.3) is 0 Å². The summed E-state index contributed by atoms with van der Waals surface area (Å²) in [5.74, 6) is -1.97. The Balaban J connectivity index is 2.21. The lowest BCUT2D eigenvalue weighted by molar-refractivity contribution is -0.385. The number of nitro benzene ring substituents is 1. The topological polar surface area (TPSA) is 78.7 Å². The Morgan fingerprint density at radius 1 is 1.23 bits per heavy atom. The molecule has 0 atom stereocenters. The van der Waals surface area contributed by atoms with E-state index in [0.717, 1.165) is 23.8 Å². The van der Waals surface area contributed by atoms with Crippen LogP contribution in [0.2, 0.25) is 0 Å². The molecule has 0 radical (unpaired) electrons. The molecule has 7 heteroatoms. The quantitative estimate of drug-likeness (QED) is 0.367. The molecule has 0 N–H and O–H groups in total. The minimum atomic E-state index is -0.808. The number of rotatable bonds is 5. The molecule has 0 spiro atoms. The van der Waals surface area contributed by atoms with Gasteiger partial charge in [0.25, 0.3) is 0 Å². The average Bonchev–Trinajstić information content (AvgIpc) is 2.48. The molecular weight excluding hydrogens is 293 g/mol. The van der Waals surface area contributed by atoms with Gasteiger partial charge in [-0.1, -0.05) is 12.1 Å². The van der Waals surface area contributed by atoms with Crippen LogP contribution in [0.3, 0.4) is 0 Å².